The maximum Gasteiger partial charge on any atom is 0.343 e. The van der Waals surface area contributed by atoms with Gasteiger partial charge in [0.05, 0.1) is 30.6 Å². The van der Waals surface area contributed by atoms with Crippen LogP contribution in [0.15, 0.2) is 53.6 Å². The third kappa shape index (κ3) is 8.03. The molecule has 2 N–H and O–H groups in total. The van der Waals surface area contributed by atoms with E-state index >= 15 is 0 Å². The monoisotopic (exact) mass is 591 g/mol. The standard InChI is InChI=1S/C31H33N3O7S/c1-3-5-18-40-22-16-12-21(13-17-22)30(37)41-23-14-10-20(11-15-23)19-32-34-28(36)27(35)33-29-26(31(38)39-4-2)24-8-6-7-9-25(24)42-29/h10-17,19H,3-9,18H2,1-2H3,(H,33,35)(H,34,36)/b32-19+. The number of hydrogen-bond donors (Lipinski definition) is 2. The molecule has 0 saturated heterocycles. The van der Waals surface area contributed by atoms with E-state index in [0.717, 1.165) is 49.0 Å². The van der Waals surface area contributed by atoms with Crippen LogP contribution in [0.5, 0.6) is 11.5 Å². The zero-order valence-electron chi connectivity index (χ0n) is 23.6. The summed E-state index contributed by atoms with van der Waals surface area (Å²) in [6.45, 7) is 4.63. The van der Waals surface area contributed by atoms with Crippen LogP contribution in [0.2, 0.25) is 0 Å². The fourth-order valence-corrected chi connectivity index (χ4v) is 5.53. The third-order valence-electron chi connectivity index (χ3n) is 6.41. The van der Waals surface area contributed by atoms with Crippen molar-refractivity contribution in [1.82, 2.24) is 5.43 Å². The predicted octanol–water partition coefficient (Wildman–Crippen LogP) is 5.29. The quantitative estimate of drug-likeness (QED) is 0.0773. The van der Waals surface area contributed by atoms with Crippen molar-refractivity contribution in [1.29, 1.82) is 0 Å². The second kappa shape index (κ2) is 14.9. The number of aryl methyl sites for hydroxylation is 1. The van der Waals surface area contributed by atoms with Gasteiger partial charge in [0.15, 0.2) is 0 Å². The molecule has 1 aromatic heterocycles. The molecule has 0 unspecified atom stereocenters. The molecule has 42 heavy (non-hydrogen) atoms. The average molecular weight is 592 g/mol. The minimum atomic E-state index is -0.986. The molecule has 2 aromatic carbocycles. The number of carbonyl (C=O) groups excluding carboxylic acids is 4. The Balaban J connectivity index is 1.29. The van der Waals surface area contributed by atoms with Gasteiger partial charge in [-0.15, -0.1) is 11.3 Å². The average Bonchev–Trinajstić information content (AvgIpc) is 3.36. The van der Waals surface area contributed by atoms with Gasteiger partial charge in [0.25, 0.3) is 0 Å². The van der Waals surface area contributed by atoms with Crippen LogP contribution in [-0.2, 0) is 27.2 Å². The second-order valence-electron chi connectivity index (χ2n) is 9.47. The molecule has 1 heterocycles. The fraction of sp³-hybridized carbons (Fsp3) is 0.323. The molecule has 0 bridgehead atoms. The number of nitrogens with one attached hydrogen (secondary N) is 2. The van der Waals surface area contributed by atoms with E-state index in [2.05, 4.69) is 22.8 Å². The van der Waals surface area contributed by atoms with Crippen molar-refractivity contribution in [2.24, 2.45) is 5.10 Å². The van der Waals surface area contributed by atoms with Crippen molar-refractivity contribution in [3.63, 3.8) is 0 Å². The Morgan fingerprint density at radius 3 is 2.33 bits per heavy atom. The second-order valence-corrected chi connectivity index (χ2v) is 10.6. The van der Waals surface area contributed by atoms with E-state index in [9.17, 15) is 19.2 Å². The van der Waals surface area contributed by atoms with E-state index in [1.165, 1.54) is 17.6 Å². The lowest BCUT2D eigenvalue weighted by molar-refractivity contribution is -0.136. The zero-order chi connectivity index (χ0) is 29.9. The molecule has 3 aromatic rings. The summed E-state index contributed by atoms with van der Waals surface area (Å²) in [5.41, 5.74) is 4.39. The lowest BCUT2D eigenvalue weighted by atomic mass is 9.95. The molecule has 1 aliphatic rings. The number of fused-ring (bicyclic) bond motifs is 1. The van der Waals surface area contributed by atoms with Crippen molar-refractivity contribution in [2.45, 2.75) is 52.4 Å². The number of hydrazone groups is 1. The first-order chi connectivity index (χ1) is 20.4. The van der Waals surface area contributed by atoms with Crippen LogP contribution in [0.25, 0.3) is 0 Å². The highest BCUT2D eigenvalue weighted by Crippen LogP contribution is 2.38. The number of ether oxygens (including phenoxy) is 3. The summed E-state index contributed by atoms with van der Waals surface area (Å²) >= 11 is 1.30. The predicted molar refractivity (Wildman–Crippen MR) is 160 cm³/mol. The maximum atomic E-state index is 12.6. The molecule has 10 nitrogen and oxygen atoms in total. The van der Waals surface area contributed by atoms with Crippen LogP contribution in [-0.4, -0.2) is 43.2 Å². The molecule has 0 saturated carbocycles. The molecule has 0 aliphatic heterocycles. The SMILES string of the molecule is CCCCOc1ccc(C(=O)Oc2ccc(/C=N/NC(=O)C(=O)Nc3sc4c(c3C(=O)OCC)CCCC4)cc2)cc1. The Kier molecular flexibility index (Phi) is 10.8. The number of hydrogen-bond acceptors (Lipinski definition) is 9. The Bertz CT molecular complexity index is 1450. The van der Waals surface area contributed by atoms with Crippen LogP contribution in [0.3, 0.4) is 0 Å². The van der Waals surface area contributed by atoms with Gasteiger partial charge in [-0.1, -0.05) is 13.3 Å². The number of benzene rings is 2. The molecule has 11 heteroatoms. The summed E-state index contributed by atoms with van der Waals surface area (Å²) in [5, 5.41) is 6.69. The number of rotatable bonds is 11. The van der Waals surface area contributed by atoms with Crippen LogP contribution < -0.4 is 20.2 Å². The van der Waals surface area contributed by atoms with Gasteiger partial charge in [0.1, 0.15) is 16.5 Å². The van der Waals surface area contributed by atoms with Gasteiger partial charge in [-0.2, -0.15) is 5.10 Å². The number of esters is 2. The van der Waals surface area contributed by atoms with Gasteiger partial charge in [0, 0.05) is 4.88 Å². The van der Waals surface area contributed by atoms with Gasteiger partial charge >= 0.3 is 23.8 Å². The molecule has 220 valence electrons. The van der Waals surface area contributed by atoms with E-state index < -0.39 is 23.8 Å². The summed E-state index contributed by atoms with van der Waals surface area (Å²) < 4.78 is 16.2. The summed E-state index contributed by atoms with van der Waals surface area (Å²) in [4.78, 5) is 51.0. The highest BCUT2D eigenvalue weighted by Gasteiger charge is 2.28. The Morgan fingerprint density at radius 1 is 0.905 bits per heavy atom. The summed E-state index contributed by atoms with van der Waals surface area (Å²) in [6, 6.07) is 13.2. The molecular formula is C31H33N3O7S. The molecule has 1 aliphatic carbocycles. The van der Waals surface area contributed by atoms with Crippen LogP contribution in [0.4, 0.5) is 5.00 Å². The van der Waals surface area contributed by atoms with Gasteiger partial charge in [-0.05, 0) is 98.7 Å². The maximum absolute atomic E-state index is 12.6. The van der Waals surface area contributed by atoms with Gasteiger partial charge in [-0.25, -0.2) is 15.0 Å². The molecule has 0 atom stereocenters. The number of amides is 2. The number of unbranched alkanes of at least 4 members (excludes halogenated alkanes) is 1. The first-order valence-corrected chi connectivity index (χ1v) is 14.7. The Labute approximate surface area is 248 Å². The molecule has 0 radical (unpaired) electrons. The normalized spacial score (nSPS) is 12.3. The summed E-state index contributed by atoms with van der Waals surface area (Å²) in [5.74, 6) is -1.92. The summed E-state index contributed by atoms with van der Waals surface area (Å²) in [6.07, 6.45) is 6.85. The van der Waals surface area contributed by atoms with E-state index in [0.29, 0.717) is 39.8 Å². The number of thiophene rings is 1. The number of anilines is 1. The highest BCUT2D eigenvalue weighted by atomic mass is 32.1. The van der Waals surface area contributed by atoms with Crippen LogP contribution in [0, 0.1) is 0 Å². The molecular weight excluding hydrogens is 558 g/mol. The van der Waals surface area contributed by atoms with Crippen molar-refractivity contribution in [3.8, 4) is 11.5 Å². The molecule has 0 spiro atoms. The highest BCUT2D eigenvalue weighted by molar-refractivity contribution is 7.17. The first-order valence-electron chi connectivity index (χ1n) is 13.9. The topological polar surface area (TPSA) is 132 Å². The fourth-order valence-electron chi connectivity index (χ4n) is 4.26. The summed E-state index contributed by atoms with van der Waals surface area (Å²) in [7, 11) is 0. The molecule has 4 rings (SSSR count). The number of carbonyl (C=O) groups is 4. The zero-order valence-corrected chi connectivity index (χ0v) is 24.4. The van der Waals surface area contributed by atoms with Gasteiger partial charge in [-0.3, -0.25) is 9.59 Å². The van der Waals surface area contributed by atoms with Crippen molar-refractivity contribution in [2.75, 3.05) is 18.5 Å². The largest absolute Gasteiger partial charge is 0.494 e. The molecule has 2 amide bonds. The van der Waals surface area contributed by atoms with Gasteiger partial charge in [0.2, 0.25) is 0 Å². The van der Waals surface area contributed by atoms with Crippen LogP contribution >= 0.6 is 11.3 Å². The lowest BCUT2D eigenvalue weighted by Crippen LogP contribution is -2.32. The Hall–Kier alpha value is -4.51. The number of nitrogens with zero attached hydrogens (tertiary/aromatic N) is 1. The Morgan fingerprint density at radius 2 is 1.62 bits per heavy atom. The van der Waals surface area contributed by atoms with E-state index in [4.69, 9.17) is 14.2 Å². The van der Waals surface area contributed by atoms with E-state index in [-0.39, 0.29) is 6.61 Å². The van der Waals surface area contributed by atoms with Crippen molar-refractivity contribution in [3.05, 3.63) is 75.7 Å². The van der Waals surface area contributed by atoms with Crippen molar-refractivity contribution < 1.29 is 33.4 Å². The lowest BCUT2D eigenvalue weighted by Gasteiger charge is -2.12. The molecule has 0 fully saturated rings. The third-order valence-corrected chi connectivity index (χ3v) is 7.62. The van der Waals surface area contributed by atoms with Crippen LogP contribution in [0.1, 0.15) is 76.3 Å². The smallest absolute Gasteiger partial charge is 0.343 e. The van der Waals surface area contributed by atoms with E-state index in [1.54, 1.807) is 55.5 Å². The van der Waals surface area contributed by atoms with Crippen molar-refractivity contribution >= 4 is 46.3 Å². The minimum absolute atomic E-state index is 0.207. The minimum Gasteiger partial charge on any atom is -0.494 e. The van der Waals surface area contributed by atoms with Gasteiger partial charge < -0.3 is 19.5 Å². The first kappa shape index (κ1) is 30.4. The van der Waals surface area contributed by atoms with E-state index in [1.807, 2.05) is 0 Å².